The lowest BCUT2D eigenvalue weighted by Crippen LogP contribution is -2.31. The lowest BCUT2D eigenvalue weighted by Gasteiger charge is -2.30. The molecule has 3 aromatic rings. The molecule has 0 spiro atoms. The number of aromatic nitrogens is 3. The number of benzene rings is 1. The molecule has 27 heavy (non-hydrogen) atoms. The normalized spacial score (nSPS) is 18.9. The number of allylic oxidation sites excluding steroid dienone is 2. The van der Waals surface area contributed by atoms with Gasteiger partial charge in [-0.3, -0.25) is 4.79 Å². The molecular formula is C20H17ClN4O2. The van der Waals surface area contributed by atoms with Gasteiger partial charge in [0.2, 0.25) is 5.95 Å². The quantitative estimate of drug-likeness (QED) is 0.707. The molecule has 0 saturated heterocycles. The molecule has 5 rings (SSSR count). The van der Waals surface area contributed by atoms with E-state index >= 15 is 0 Å². The highest BCUT2D eigenvalue weighted by atomic mass is 35.5. The highest BCUT2D eigenvalue weighted by Crippen LogP contribution is 2.41. The van der Waals surface area contributed by atoms with Gasteiger partial charge in [-0.05, 0) is 56.2 Å². The van der Waals surface area contributed by atoms with Crippen molar-refractivity contribution in [1.29, 1.82) is 0 Å². The van der Waals surface area contributed by atoms with E-state index in [2.05, 4.69) is 10.3 Å². The van der Waals surface area contributed by atoms with Gasteiger partial charge < -0.3 is 9.73 Å². The summed E-state index contributed by atoms with van der Waals surface area (Å²) < 4.78 is 7.64. The van der Waals surface area contributed by atoms with E-state index in [-0.39, 0.29) is 5.78 Å². The molecule has 1 aliphatic heterocycles. The van der Waals surface area contributed by atoms with E-state index in [9.17, 15) is 4.79 Å². The third kappa shape index (κ3) is 2.68. The number of fused-ring (bicyclic) bond motifs is 1. The molecule has 0 amide bonds. The fraction of sp³-hybridized carbons (Fsp3) is 0.250. The zero-order valence-electron chi connectivity index (χ0n) is 14.7. The van der Waals surface area contributed by atoms with Crippen LogP contribution >= 0.6 is 11.6 Å². The minimum atomic E-state index is -0.397. The van der Waals surface area contributed by atoms with Crippen molar-refractivity contribution in [2.45, 2.75) is 32.2 Å². The number of ketones is 1. The topological polar surface area (TPSA) is 73.0 Å². The molecule has 1 aliphatic carbocycles. The largest absolute Gasteiger partial charge is 0.464 e. The average Bonchev–Trinajstić information content (AvgIpc) is 3.27. The Morgan fingerprint density at radius 2 is 2.00 bits per heavy atom. The molecule has 1 atom stereocenters. The Labute approximate surface area is 160 Å². The van der Waals surface area contributed by atoms with Crippen molar-refractivity contribution in [1.82, 2.24) is 14.8 Å². The van der Waals surface area contributed by atoms with Crippen LogP contribution in [0.2, 0.25) is 5.02 Å². The summed E-state index contributed by atoms with van der Waals surface area (Å²) in [4.78, 5) is 17.4. The Bertz CT molecular complexity index is 1080. The first kappa shape index (κ1) is 16.3. The Hall–Kier alpha value is -2.86. The smallest absolute Gasteiger partial charge is 0.227 e. The second-order valence-electron chi connectivity index (χ2n) is 6.86. The van der Waals surface area contributed by atoms with Crippen molar-refractivity contribution in [2.24, 2.45) is 0 Å². The second kappa shape index (κ2) is 6.09. The molecule has 6 nitrogen and oxygen atoms in total. The predicted octanol–water partition coefficient (Wildman–Crippen LogP) is 4.52. The standard InChI is InChI=1S/C20H17ClN4O2/c1-11-5-10-16(27-11)18-17-14(3-2-4-15(17)26)22-20-23-19(24-25(18)20)12-6-8-13(21)9-7-12/h5-10,18H,2-4H2,1H3,(H,22,23,24). The van der Waals surface area contributed by atoms with E-state index in [4.69, 9.17) is 21.1 Å². The SMILES string of the molecule is Cc1ccc(C2C3=C(CCCC3=O)Nc3nc(-c4ccc(Cl)cc4)nn32)o1. The first-order valence-corrected chi connectivity index (χ1v) is 9.30. The summed E-state index contributed by atoms with van der Waals surface area (Å²) in [6.07, 6.45) is 2.21. The maximum atomic E-state index is 12.7. The van der Waals surface area contributed by atoms with E-state index in [1.807, 2.05) is 43.3 Å². The van der Waals surface area contributed by atoms with Gasteiger partial charge in [-0.15, -0.1) is 5.10 Å². The van der Waals surface area contributed by atoms with Crippen molar-refractivity contribution in [3.8, 4) is 11.4 Å². The molecule has 1 N–H and O–H groups in total. The Morgan fingerprint density at radius 3 is 2.74 bits per heavy atom. The van der Waals surface area contributed by atoms with Crippen LogP contribution in [-0.2, 0) is 4.79 Å². The van der Waals surface area contributed by atoms with Gasteiger partial charge in [0.15, 0.2) is 11.6 Å². The first-order chi connectivity index (χ1) is 13.1. The number of halogens is 1. The molecule has 2 aromatic heterocycles. The lowest BCUT2D eigenvalue weighted by atomic mass is 9.88. The average molecular weight is 381 g/mol. The van der Waals surface area contributed by atoms with Crippen LogP contribution in [0.4, 0.5) is 5.95 Å². The third-order valence-electron chi connectivity index (χ3n) is 5.00. The van der Waals surface area contributed by atoms with Crippen LogP contribution in [0.15, 0.2) is 52.1 Å². The van der Waals surface area contributed by atoms with Crippen molar-refractivity contribution in [2.75, 3.05) is 5.32 Å². The molecule has 3 heterocycles. The van der Waals surface area contributed by atoms with Crippen molar-refractivity contribution in [3.63, 3.8) is 0 Å². The van der Waals surface area contributed by atoms with E-state index in [0.29, 0.717) is 29.0 Å². The monoisotopic (exact) mass is 380 g/mol. The Morgan fingerprint density at radius 1 is 1.19 bits per heavy atom. The number of Topliss-reactive ketones (excluding diaryl/α,β-unsaturated/α-hetero) is 1. The molecular weight excluding hydrogens is 364 g/mol. The molecule has 0 fully saturated rings. The number of rotatable bonds is 2. The molecule has 1 aromatic carbocycles. The van der Waals surface area contributed by atoms with Gasteiger partial charge in [-0.2, -0.15) is 4.98 Å². The van der Waals surface area contributed by atoms with E-state index < -0.39 is 6.04 Å². The molecule has 136 valence electrons. The summed E-state index contributed by atoms with van der Waals surface area (Å²) in [7, 11) is 0. The van der Waals surface area contributed by atoms with Gasteiger partial charge in [-0.1, -0.05) is 11.6 Å². The van der Waals surface area contributed by atoms with Crippen LogP contribution in [0.1, 0.15) is 36.8 Å². The van der Waals surface area contributed by atoms with E-state index in [0.717, 1.165) is 35.4 Å². The number of furan rings is 1. The maximum absolute atomic E-state index is 12.7. The fourth-order valence-electron chi connectivity index (χ4n) is 3.74. The number of anilines is 1. The van der Waals surface area contributed by atoms with Crippen LogP contribution in [0, 0.1) is 6.92 Å². The number of nitrogens with zero attached hydrogens (tertiary/aromatic N) is 3. The number of nitrogens with one attached hydrogen (secondary N) is 1. The van der Waals surface area contributed by atoms with Crippen LogP contribution < -0.4 is 5.32 Å². The van der Waals surface area contributed by atoms with Crippen molar-refractivity contribution in [3.05, 3.63) is 64.2 Å². The molecule has 1 unspecified atom stereocenters. The van der Waals surface area contributed by atoms with Crippen LogP contribution in [0.25, 0.3) is 11.4 Å². The summed E-state index contributed by atoms with van der Waals surface area (Å²) >= 11 is 5.99. The zero-order chi connectivity index (χ0) is 18.5. The van der Waals surface area contributed by atoms with Gasteiger partial charge in [0.25, 0.3) is 0 Å². The summed E-state index contributed by atoms with van der Waals surface area (Å²) in [6.45, 7) is 1.89. The van der Waals surface area contributed by atoms with E-state index in [1.54, 1.807) is 4.68 Å². The lowest BCUT2D eigenvalue weighted by molar-refractivity contribution is -0.116. The highest BCUT2D eigenvalue weighted by Gasteiger charge is 2.38. The van der Waals surface area contributed by atoms with Crippen molar-refractivity contribution >= 4 is 23.3 Å². The van der Waals surface area contributed by atoms with Crippen LogP contribution in [0.3, 0.4) is 0 Å². The number of aryl methyl sites for hydroxylation is 1. The summed E-state index contributed by atoms with van der Waals surface area (Å²) in [6, 6.07) is 10.8. The fourth-order valence-corrected chi connectivity index (χ4v) is 3.87. The first-order valence-electron chi connectivity index (χ1n) is 8.92. The van der Waals surface area contributed by atoms with Gasteiger partial charge in [0, 0.05) is 28.3 Å². The Kier molecular flexibility index (Phi) is 3.68. The molecule has 0 saturated carbocycles. The number of carbonyl (C=O) groups is 1. The molecule has 7 heteroatoms. The van der Waals surface area contributed by atoms with Crippen molar-refractivity contribution < 1.29 is 9.21 Å². The zero-order valence-corrected chi connectivity index (χ0v) is 15.5. The summed E-state index contributed by atoms with van der Waals surface area (Å²) in [5, 5.41) is 8.67. The minimum absolute atomic E-state index is 0.136. The van der Waals surface area contributed by atoms with Gasteiger partial charge in [0.05, 0.1) is 0 Å². The molecule has 0 bridgehead atoms. The summed E-state index contributed by atoms with van der Waals surface area (Å²) in [5.41, 5.74) is 2.52. The number of hydrogen-bond acceptors (Lipinski definition) is 5. The highest BCUT2D eigenvalue weighted by molar-refractivity contribution is 6.30. The van der Waals surface area contributed by atoms with Gasteiger partial charge in [-0.25, -0.2) is 4.68 Å². The second-order valence-corrected chi connectivity index (χ2v) is 7.29. The van der Waals surface area contributed by atoms with Gasteiger partial charge in [0.1, 0.15) is 17.6 Å². The number of carbonyl (C=O) groups excluding carboxylic acids is 1. The molecule has 0 radical (unpaired) electrons. The van der Waals surface area contributed by atoms with Gasteiger partial charge >= 0.3 is 0 Å². The number of hydrogen-bond donors (Lipinski definition) is 1. The summed E-state index contributed by atoms with van der Waals surface area (Å²) in [5.74, 6) is 2.83. The third-order valence-corrected chi connectivity index (χ3v) is 5.25. The predicted molar refractivity (Wildman–Crippen MR) is 102 cm³/mol. The maximum Gasteiger partial charge on any atom is 0.227 e. The van der Waals surface area contributed by atoms with E-state index in [1.165, 1.54) is 0 Å². The Balaban J connectivity index is 1.66. The molecule has 2 aliphatic rings. The minimum Gasteiger partial charge on any atom is -0.464 e. The van der Waals surface area contributed by atoms with Crippen LogP contribution in [-0.4, -0.2) is 20.5 Å². The van der Waals surface area contributed by atoms with Crippen LogP contribution in [0.5, 0.6) is 0 Å².